The number of benzene rings is 1. The van der Waals surface area contributed by atoms with Crippen molar-refractivity contribution in [2.75, 3.05) is 31.7 Å². The van der Waals surface area contributed by atoms with Gasteiger partial charge in [-0.1, -0.05) is 0 Å². The average molecular weight is 322 g/mol. The summed E-state index contributed by atoms with van der Waals surface area (Å²) in [6, 6.07) is 4.95. The Labute approximate surface area is 135 Å². The van der Waals surface area contributed by atoms with Gasteiger partial charge in [0.2, 0.25) is 0 Å². The molecule has 2 aliphatic heterocycles. The highest BCUT2D eigenvalue weighted by Crippen LogP contribution is 2.36. The van der Waals surface area contributed by atoms with Crippen LogP contribution in [0.5, 0.6) is 0 Å². The molecule has 1 spiro atoms. The first kappa shape index (κ1) is 16.2. The van der Waals surface area contributed by atoms with E-state index < -0.39 is 5.79 Å². The van der Waals surface area contributed by atoms with Gasteiger partial charge in [0, 0.05) is 56.4 Å². The minimum Gasteiger partial charge on any atom is -0.380 e. The fraction of sp³-hybridized carbons (Fsp3) is 0.625. The highest BCUT2D eigenvalue weighted by molar-refractivity contribution is 5.58. The summed E-state index contributed by atoms with van der Waals surface area (Å²) < 4.78 is 17.0. The summed E-state index contributed by atoms with van der Waals surface area (Å²) >= 11 is 0. The van der Waals surface area contributed by atoms with E-state index in [0.29, 0.717) is 13.2 Å². The van der Waals surface area contributed by atoms with Gasteiger partial charge in [0.05, 0.1) is 24.2 Å². The summed E-state index contributed by atoms with van der Waals surface area (Å²) in [6.07, 6.45) is 1.73. The zero-order chi connectivity index (χ0) is 16.4. The van der Waals surface area contributed by atoms with Gasteiger partial charge in [-0.3, -0.25) is 10.1 Å². The molecule has 2 heterocycles. The number of hydrogen-bond donors (Lipinski definition) is 0. The molecular formula is C16H22N2O5. The van der Waals surface area contributed by atoms with Gasteiger partial charge < -0.3 is 19.1 Å². The molecule has 3 rings (SSSR count). The number of rotatable bonds is 4. The smallest absolute Gasteiger partial charge is 0.269 e. The Balaban J connectivity index is 1.76. The molecule has 7 heteroatoms. The third-order valence-corrected chi connectivity index (χ3v) is 4.44. The SMILES string of the molecule is COCc1cc([N+](=O)[O-])ccc1N1CCC2(CC1)OCC(C)O2. The fourth-order valence-corrected chi connectivity index (χ4v) is 3.32. The van der Waals surface area contributed by atoms with E-state index in [1.165, 1.54) is 0 Å². The van der Waals surface area contributed by atoms with Crippen molar-refractivity contribution in [1.82, 2.24) is 0 Å². The van der Waals surface area contributed by atoms with E-state index >= 15 is 0 Å². The Hall–Kier alpha value is -1.70. The van der Waals surface area contributed by atoms with Crippen LogP contribution in [-0.2, 0) is 20.8 Å². The van der Waals surface area contributed by atoms with Crippen LogP contribution in [-0.4, -0.2) is 43.6 Å². The van der Waals surface area contributed by atoms with Crippen LogP contribution in [0, 0.1) is 10.1 Å². The summed E-state index contributed by atoms with van der Waals surface area (Å²) in [7, 11) is 1.59. The van der Waals surface area contributed by atoms with Crippen LogP contribution in [0.15, 0.2) is 18.2 Å². The van der Waals surface area contributed by atoms with Crippen LogP contribution in [0.4, 0.5) is 11.4 Å². The average Bonchev–Trinajstić information content (AvgIpc) is 2.89. The Morgan fingerprint density at radius 1 is 1.43 bits per heavy atom. The Kier molecular flexibility index (Phi) is 4.52. The number of nitrogens with zero attached hydrogens (tertiary/aromatic N) is 2. The van der Waals surface area contributed by atoms with Crippen molar-refractivity contribution in [1.29, 1.82) is 0 Å². The molecule has 2 aliphatic rings. The van der Waals surface area contributed by atoms with Gasteiger partial charge in [-0.25, -0.2) is 0 Å². The van der Waals surface area contributed by atoms with Crippen LogP contribution in [0.3, 0.4) is 0 Å². The first-order chi connectivity index (χ1) is 11.0. The van der Waals surface area contributed by atoms with E-state index in [-0.39, 0.29) is 16.7 Å². The standard InChI is InChI=1S/C16H22N2O5/c1-12-10-22-16(23-12)5-7-17(8-6-16)15-4-3-14(18(19)20)9-13(15)11-21-2/h3-4,9,12H,5-8,10-11H2,1-2H3. The molecule has 7 nitrogen and oxygen atoms in total. The molecule has 23 heavy (non-hydrogen) atoms. The largest absolute Gasteiger partial charge is 0.380 e. The number of methoxy groups -OCH3 is 1. The van der Waals surface area contributed by atoms with Crippen LogP contribution in [0.1, 0.15) is 25.3 Å². The quantitative estimate of drug-likeness (QED) is 0.626. The number of non-ortho nitro benzene ring substituents is 1. The molecule has 2 saturated heterocycles. The number of piperidine rings is 1. The molecule has 1 unspecified atom stereocenters. The van der Waals surface area contributed by atoms with E-state index in [2.05, 4.69) is 4.90 Å². The first-order valence-electron chi connectivity index (χ1n) is 7.86. The van der Waals surface area contributed by atoms with Crippen LogP contribution in [0.25, 0.3) is 0 Å². The van der Waals surface area contributed by atoms with Crippen LogP contribution >= 0.6 is 0 Å². The summed E-state index contributed by atoms with van der Waals surface area (Å²) in [5.41, 5.74) is 1.91. The topological polar surface area (TPSA) is 74.1 Å². The predicted octanol–water partition coefficient (Wildman–Crippen LogP) is 2.47. The first-order valence-corrected chi connectivity index (χ1v) is 7.86. The number of nitro groups is 1. The van der Waals surface area contributed by atoms with Crippen LogP contribution < -0.4 is 4.90 Å². The second kappa shape index (κ2) is 6.43. The molecular weight excluding hydrogens is 300 g/mol. The van der Waals surface area contributed by atoms with E-state index in [1.54, 1.807) is 19.2 Å². The third-order valence-electron chi connectivity index (χ3n) is 4.44. The minimum atomic E-state index is -0.446. The lowest BCUT2D eigenvalue weighted by Gasteiger charge is -2.39. The Bertz CT molecular complexity index is 584. The second-order valence-electron chi connectivity index (χ2n) is 6.14. The molecule has 0 aliphatic carbocycles. The number of nitro benzene ring substituents is 1. The zero-order valence-corrected chi connectivity index (χ0v) is 13.5. The van der Waals surface area contributed by atoms with E-state index in [0.717, 1.165) is 37.2 Å². The fourth-order valence-electron chi connectivity index (χ4n) is 3.32. The maximum Gasteiger partial charge on any atom is 0.269 e. The number of anilines is 1. The molecule has 0 saturated carbocycles. The van der Waals surface area contributed by atoms with Gasteiger partial charge >= 0.3 is 0 Å². The molecule has 126 valence electrons. The lowest BCUT2D eigenvalue weighted by Crippen LogP contribution is -2.45. The van der Waals surface area contributed by atoms with Gasteiger partial charge in [0.1, 0.15) is 0 Å². The second-order valence-corrected chi connectivity index (χ2v) is 6.14. The zero-order valence-electron chi connectivity index (χ0n) is 13.5. The van der Waals surface area contributed by atoms with Crippen molar-refractivity contribution < 1.29 is 19.1 Å². The summed E-state index contributed by atoms with van der Waals surface area (Å²) in [5.74, 6) is -0.446. The van der Waals surface area contributed by atoms with E-state index in [4.69, 9.17) is 14.2 Å². The maximum absolute atomic E-state index is 11.0. The van der Waals surface area contributed by atoms with Crippen molar-refractivity contribution in [3.63, 3.8) is 0 Å². The molecule has 2 fully saturated rings. The predicted molar refractivity (Wildman–Crippen MR) is 84.5 cm³/mol. The molecule has 1 aromatic carbocycles. The summed E-state index contributed by atoms with van der Waals surface area (Å²) in [6.45, 7) is 4.60. The number of ether oxygens (including phenoxy) is 3. The van der Waals surface area contributed by atoms with Crippen molar-refractivity contribution in [3.8, 4) is 0 Å². The monoisotopic (exact) mass is 322 g/mol. The van der Waals surface area contributed by atoms with Crippen LogP contribution in [0.2, 0.25) is 0 Å². The van der Waals surface area contributed by atoms with Gasteiger partial charge in [-0.15, -0.1) is 0 Å². The highest BCUT2D eigenvalue weighted by Gasteiger charge is 2.42. The maximum atomic E-state index is 11.0. The summed E-state index contributed by atoms with van der Waals surface area (Å²) in [4.78, 5) is 12.8. The normalized spacial score (nSPS) is 23.4. The molecule has 0 amide bonds. The minimum absolute atomic E-state index is 0.0885. The Morgan fingerprint density at radius 2 is 2.17 bits per heavy atom. The van der Waals surface area contributed by atoms with E-state index in [1.807, 2.05) is 13.0 Å². The lowest BCUT2D eigenvalue weighted by molar-refractivity contribution is -0.384. The molecule has 0 N–H and O–H groups in total. The van der Waals surface area contributed by atoms with Crippen molar-refractivity contribution in [2.24, 2.45) is 0 Å². The highest BCUT2D eigenvalue weighted by atomic mass is 16.7. The molecule has 1 aromatic rings. The summed E-state index contributed by atoms with van der Waals surface area (Å²) in [5, 5.41) is 11.0. The van der Waals surface area contributed by atoms with Crippen molar-refractivity contribution in [2.45, 2.75) is 38.3 Å². The Morgan fingerprint density at radius 3 is 2.74 bits per heavy atom. The van der Waals surface area contributed by atoms with Gasteiger partial charge in [-0.05, 0) is 13.0 Å². The molecule has 0 radical (unpaired) electrons. The van der Waals surface area contributed by atoms with Crippen molar-refractivity contribution >= 4 is 11.4 Å². The number of hydrogen-bond acceptors (Lipinski definition) is 6. The van der Waals surface area contributed by atoms with Crippen molar-refractivity contribution in [3.05, 3.63) is 33.9 Å². The molecule has 0 bridgehead atoms. The molecule has 0 aromatic heterocycles. The molecule has 1 atom stereocenters. The lowest BCUT2D eigenvalue weighted by atomic mass is 10.0. The van der Waals surface area contributed by atoms with Gasteiger partial charge in [0.15, 0.2) is 5.79 Å². The van der Waals surface area contributed by atoms with Gasteiger partial charge in [-0.2, -0.15) is 0 Å². The van der Waals surface area contributed by atoms with E-state index in [9.17, 15) is 10.1 Å². The van der Waals surface area contributed by atoms with Gasteiger partial charge in [0.25, 0.3) is 5.69 Å². The third kappa shape index (κ3) is 3.31.